The van der Waals surface area contributed by atoms with Crippen LogP contribution in [0.1, 0.15) is 13.3 Å². The summed E-state index contributed by atoms with van der Waals surface area (Å²) in [6, 6.07) is 16.3. The van der Waals surface area contributed by atoms with Crippen LogP contribution in [0.2, 0.25) is 0 Å². The summed E-state index contributed by atoms with van der Waals surface area (Å²) in [5.74, 6) is 0. The first-order valence-electron chi connectivity index (χ1n) is 6.00. The summed E-state index contributed by atoms with van der Waals surface area (Å²) in [7, 11) is 0. The molecule has 2 heteroatoms. The minimum absolute atomic E-state index is 0.826. The number of hydrogen-bond acceptors (Lipinski definition) is 2. The molecule has 2 aromatic rings. The van der Waals surface area contributed by atoms with Gasteiger partial charge < -0.3 is 11.1 Å². The van der Waals surface area contributed by atoms with Gasteiger partial charge >= 0.3 is 0 Å². The van der Waals surface area contributed by atoms with Crippen molar-refractivity contribution < 1.29 is 0 Å². The molecule has 0 radical (unpaired) electrons. The van der Waals surface area contributed by atoms with Gasteiger partial charge in [-0.1, -0.05) is 49.4 Å². The van der Waals surface area contributed by atoms with Gasteiger partial charge in [-0.3, -0.25) is 0 Å². The van der Waals surface area contributed by atoms with Crippen molar-refractivity contribution in [3.05, 3.63) is 48.5 Å². The van der Waals surface area contributed by atoms with Crippen molar-refractivity contribution in [3.63, 3.8) is 0 Å². The van der Waals surface area contributed by atoms with Gasteiger partial charge in [-0.25, -0.2) is 0 Å². The quantitative estimate of drug-likeness (QED) is 0.779. The zero-order valence-corrected chi connectivity index (χ0v) is 10.1. The zero-order chi connectivity index (χ0) is 12.1. The molecule has 2 aromatic carbocycles. The third-order valence-corrected chi connectivity index (χ3v) is 2.76. The SMILES string of the molecule is CCCNc1cccc(-c2ccccc2)c1N. The molecule has 88 valence electrons. The van der Waals surface area contributed by atoms with Crippen LogP contribution in [0, 0.1) is 0 Å². The summed E-state index contributed by atoms with van der Waals surface area (Å²) in [6.45, 7) is 3.09. The smallest absolute Gasteiger partial charge is 0.0629 e. The molecular formula is C15H18N2. The van der Waals surface area contributed by atoms with Crippen LogP contribution in [0.15, 0.2) is 48.5 Å². The van der Waals surface area contributed by atoms with Crippen molar-refractivity contribution in [1.82, 2.24) is 0 Å². The van der Waals surface area contributed by atoms with Crippen LogP contribution in [-0.4, -0.2) is 6.54 Å². The Balaban J connectivity index is 2.36. The lowest BCUT2D eigenvalue weighted by atomic mass is 10.0. The largest absolute Gasteiger partial charge is 0.397 e. The maximum atomic E-state index is 6.19. The van der Waals surface area contributed by atoms with Crippen molar-refractivity contribution in [1.29, 1.82) is 0 Å². The fraction of sp³-hybridized carbons (Fsp3) is 0.200. The average Bonchev–Trinajstić information content (AvgIpc) is 2.39. The molecule has 0 spiro atoms. The second-order valence-electron chi connectivity index (χ2n) is 4.06. The van der Waals surface area contributed by atoms with Gasteiger partial charge in [0.25, 0.3) is 0 Å². The molecule has 0 atom stereocenters. The lowest BCUT2D eigenvalue weighted by molar-refractivity contribution is 0.980. The number of nitrogen functional groups attached to an aromatic ring is 1. The molecule has 0 aliphatic heterocycles. The highest BCUT2D eigenvalue weighted by atomic mass is 14.9. The Hall–Kier alpha value is -1.96. The average molecular weight is 226 g/mol. The first-order chi connectivity index (χ1) is 8.33. The Morgan fingerprint density at radius 2 is 1.76 bits per heavy atom. The third kappa shape index (κ3) is 2.59. The van der Waals surface area contributed by atoms with Crippen molar-refractivity contribution >= 4 is 11.4 Å². The molecule has 3 N–H and O–H groups in total. The minimum atomic E-state index is 0.826. The van der Waals surface area contributed by atoms with E-state index in [1.165, 1.54) is 0 Å². The number of benzene rings is 2. The van der Waals surface area contributed by atoms with Crippen molar-refractivity contribution in [2.75, 3.05) is 17.6 Å². The number of nitrogens with two attached hydrogens (primary N) is 1. The molecule has 0 aliphatic carbocycles. The maximum Gasteiger partial charge on any atom is 0.0629 e. The summed E-state index contributed by atoms with van der Waals surface area (Å²) >= 11 is 0. The number of rotatable bonds is 4. The molecule has 0 heterocycles. The van der Waals surface area contributed by atoms with Crippen molar-refractivity contribution in [2.24, 2.45) is 0 Å². The highest BCUT2D eigenvalue weighted by Gasteiger charge is 2.05. The molecule has 0 fully saturated rings. The third-order valence-electron chi connectivity index (χ3n) is 2.76. The first-order valence-corrected chi connectivity index (χ1v) is 6.00. The highest BCUT2D eigenvalue weighted by molar-refractivity contribution is 5.85. The number of hydrogen-bond donors (Lipinski definition) is 2. The van der Waals surface area contributed by atoms with E-state index in [0.29, 0.717) is 0 Å². The van der Waals surface area contributed by atoms with E-state index in [0.717, 1.165) is 35.5 Å². The van der Waals surface area contributed by atoms with E-state index in [1.807, 2.05) is 30.3 Å². The Morgan fingerprint density at radius 3 is 2.47 bits per heavy atom. The summed E-state index contributed by atoms with van der Waals surface area (Å²) in [5, 5.41) is 3.35. The van der Waals surface area contributed by atoms with E-state index in [-0.39, 0.29) is 0 Å². The molecular weight excluding hydrogens is 208 g/mol. The van der Waals surface area contributed by atoms with Crippen LogP contribution < -0.4 is 11.1 Å². The molecule has 0 amide bonds. The standard InChI is InChI=1S/C15H18N2/c1-2-11-17-14-10-6-9-13(15(14)16)12-7-4-3-5-8-12/h3-10,17H,2,11,16H2,1H3. The van der Waals surface area contributed by atoms with Crippen molar-refractivity contribution in [2.45, 2.75) is 13.3 Å². The van der Waals surface area contributed by atoms with Gasteiger partial charge in [-0.15, -0.1) is 0 Å². The number of nitrogens with one attached hydrogen (secondary N) is 1. The second-order valence-corrected chi connectivity index (χ2v) is 4.06. The molecule has 0 saturated heterocycles. The van der Waals surface area contributed by atoms with E-state index in [4.69, 9.17) is 5.73 Å². The Morgan fingerprint density at radius 1 is 1.00 bits per heavy atom. The summed E-state index contributed by atoms with van der Waals surface area (Å²) in [4.78, 5) is 0. The predicted molar refractivity (Wildman–Crippen MR) is 75.1 cm³/mol. The molecule has 0 aliphatic rings. The Labute approximate surface area is 102 Å². The molecule has 17 heavy (non-hydrogen) atoms. The topological polar surface area (TPSA) is 38.0 Å². The van der Waals surface area contributed by atoms with Crippen LogP contribution in [0.4, 0.5) is 11.4 Å². The molecule has 0 bridgehead atoms. The van der Waals surface area contributed by atoms with E-state index in [1.54, 1.807) is 0 Å². The maximum absolute atomic E-state index is 6.19. The van der Waals surface area contributed by atoms with E-state index in [2.05, 4.69) is 30.4 Å². The predicted octanol–water partition coefficient (Wildman–Crippen LogP) is 3.76. The van der Waals surface area contributed by atoms with Gasteiger partial charge in [0.1, 0.15) is 0 Å². The van der Waals surface area contributed by atoms with Gasteiger partial charge in [0.05, 0.1) is 11.4 Å². The molecule has 0 unspecified atom stereocenters. The van der Waals surface area contributed by atoms with Crippen LogP contribution in [0.3, 0.4) is 0 Å². The monoisotopic (exact) mass is 226 g/mol. The fourth-order valence-corrected chi connectivity index (χ4v) is 1.85. The number of anilines is 2. The Kier molecular flexibility index (Phi) is 3.66. The summed E-state index contributed by atoms with van der Waals surface area (Å²) < 4.78 is 0. The van der Waals surface area contributed by atoms with E-state index >= 15 is 0 Å². The van der Waals surface area contributed by atoms with Gasteiger partial charge in [0.2, 0.25) is 0 Å². The Bertz CT molecular complexity index is 478. The van der Waals surface area contributed by atoms with Gasteiger partial charge in [0, 0.05) is 12.1 Å². The van der Waals surface area contributed by atoms with E-state index < -0.39 is 0 Å². The highest BCUT2D eigenvalue weighted by Crippen LogP contribution is 2.31. The molecule has 0 aromatic heterocycles. The zero-order valence-electron chi connectivity index (χ0n) is 10.1. The van der Waals surface area contributed by atoms with E-state index in [9.17, 15) is 0 Å². The van der Waals surface area contributed by atoms with Crippen LogP contribution in [0.25, 0.3) is 11.1 Å². The number of para-hydroxylation sites is 1. The molecule has 2 rings (SSSR count). The molecule has 0 saturated carbocycles. The fourth-order valence-electron chi connectivity index (χ4n) is 1.85. The molecule has 2 nitrogen and oxygen atoms in total. The lowest BCUT2D eigenvalue weighted by Gasteiger charge is -2.12. The van der Waals surface area contributed by atoms with Crippen LogP contribution in [0.5, 0.6) is 0 Å². The summed E-state index contributed by atoms with van der Waals surface area (Å²) in [5.41, 5.74) is 10.3. The van der Waals surface area contributed by atoms with Crippen LogP contribution >= 0.6 is 0 Å². The minimum Gasteiger partial charge on any atom is -0.397 e. The van der Waals surface area contributed by atoms with Gasteiger partial charge in [0.15, 0.2) is 0 Å². The lowest BCUT2D eigenvalue weighted by Crippen LogP contribution is -2.03. The normalized spacial score (nSPS) is 10.2. The second kappa shape index (κ2) is 5.39. The van der Waals surface area contributed by atoms with Gasteiger partial charge in [-0.05, 0) is 18.1 Å². The van der Waals surface area contributed by atoms with Crippen LogP contribution in [-0.2, 0) is 0 Å². The first kappa shape index (κ1) is 11.5. The van der Waals surface area contributed by atoms with Gasteiger partial charge in [-0.2, -0.15) is 0 Å². The van der Waals surface area contributed by atoms with Crippen molar-refractivity contribution in [3.8, 4) is 11.1 Å². The summed E-state index contributed by atoms with van der Waals surface area (Å²) in [6.07, 6.45) is 1.09.